The molecule has 3 aromatic rings. The summed E-state index contributed by atoms with van der Waals surface area (Å²) in [5.41, 5.74) is 1.37. The van der Waals surface area contributed by atoms with Crippen LogP contribution in [-0.4, -0.2) is 26.5 Å². The van der Waals surface area contributed by atoms with Gasteiger partial charge in [-0.1, -0.05) is 30.3 Å². The molecule has 0 saturated carbocycles. The molecular formula is C21H23N3O3S. The van der Waals surface area contributed by atoms with Crippen molar-refractivity contribution in [1.29, 1.82) is 0 Å². The van der Waals surface area contributed by atoms with Crippen LogP contribution in [0.1, 0.15) is 32.0 Å². The number of rotatable bonds is 4. The minimum Gasteiger partial charge on any atom is -0.484 e. The van der Waals surface area contributed by atoms with Crippen LogP contribution in [0.25, 0.3) is 10.8 Å². The van der Waals surface area contributed by atoms with E-state index in [1.165, 1.54) is 0 Å². The van der Waals surface area contributed by atoms with Gasteiger partial charge >= 0.3 is 0 Å². The molecule has 0 saturated heterocycles. The third-order valence-electron chi connectivity index (χ3n) is 4.65. The fraction of sp³-hybridized carbons (Fsp3) is 0.333. The molecule has 0 unspecified atom stereocenters. The molecule has 1 N–H and O–H groups in total. The Balaban J connectivity index is 1.50. The van der Waals surface area contributed by atoms with Gasteiger partial charge in [0.15, 0.2) is 6.61 Å². The summed E-state index contributed by atoms with van der Waals surface area (Å²) in [6.07, 6.45) is 0. The summed E-state index contributed by atoms with van der Waals surface area (Å²) in [5, 5.41) is 9.70. The Morgan fingerprint density at radius 1 is 1.18 bits per heavy atom. The Morgan fingerprint density at radius 3 is 2.68 bits per heavy atom. The van der Waals surface area contributed by atoms with E-state index in [1.54, 1.807) is 0 Å². The number of carbonyl (C=O) groups is 1. The lowest BCUT2D eigenvalue weighted by atomic mass is 10.1. The first-order valence-corrected chi connectivity index (χ1v) is 10.7. The number of fused-ring (bicyclic) bond motifs is 2. The van der Waals surface area contributed by atoms with Gasteiger partial charge in [-0.05, 0) is 43.7 Å². The van der Waals surface area contributed by atoms with E-state index in [-0.39, 0.29) is 18.1 Å². The molecule has 0 aliphatic carbocycles. The Labute approximate surface area is 166 Å². The molecule has 0 spiro atoms. The lowest BCUT2D eigenvalue weighted by molar-refractivity contribution is -0.118. The topological polar surface area (TPSA) is 73.2 Å². The molecule has 28 heavy (non-hydrogen) atoms. The summed E-state index contributed by atoms with van der Waals surface area (Å²) in [6, 6.07) is 13.7. The van der Waals surface area contributed by atoms with Crippen molar-refractivity contribution in [3.8, 4) is 5.75 Å². The molecule has 7 heteroatoms. The number of ether oxygens (including phenoxy) is 1. The molecule has 2 aromatic carbocycles. The summed E-state index contributed by atoms with van der Waals surface area (Å²) in [4.78, 5) is 12.6. The van der Waals surface area contributed by atoms with Crippen molar-refractivity contribution in [2.45, 2.75) is 37.8 Å². The first-order valence-electron chi connectivity index (χ1n) is 9.19. The second-order valence-corrected chi connectivity index (χ2v) is 9.39. The van der Waals surface area contributed by atoms with E-state index in [4.69, 9.17) is 4.74 Å². The van der Waals surface area contributed by atoms with Gasteiger partial charge in [0.05, 0.1) is 22.7 Å². The van der Waals surface area contributed by atoms with Crippen LogP contribution in [0.15, 0.2) is 42.5 Å². The van der Waals surface area contributed by atoms with Gasteiger partial charge in [0.25, 0.3) is 5.91 Å². The molecule has 6 nitrogen and oxygen atoms in total. The van der Waals surface area contributed by atoms with Gasteiger partial charge in [0.1, 0.15) is 11.6 Å². The number of amides is 1. The lowest BCUT2D eigenvalue weighted by Gasteiger charge is -2.23. The van der Waals surface area contributed by atoms with E-state index < -0.39 is 10.8 Å². The van der Waals surface area contributed by atoms with Gasteiger partial charge in [0, 0.05) is 16.4 Å². The number of hydrogen-bond donors (Lipinski definition) is 1. The normalized spacial score (nSPS) is 16.2. The minimum atomic E-state index is -0.954. The SMILES string of the molecule is CC(C)(C)n1nc2c(c1NC(=O)COc1ccc3ccccc3c1)C[S@@](=O)C2. The molecule has 146 valence electrons. The molecule has 0 bridgehead atoms. The molecular weight excluding hydrogens is 374 g/mol. The van der Waals surface area contributed by atoms with Crippen LogP contribution >= 0.6 is 0 Å². The van der Waals surface area contributed by atoms with Crippen LogP contribution in [0.3, 0.4) is 0 Å². The molecule has 1 amide bonds. The van der Waals surface area contributed by atoms with E-state index in [1.807, 2.05) is 67.9 Å². The third-order valence-corrected chi connectivity index (χ3v) is 5.86. The van der Waals surface area contributed by atoms with Gasteiger partial charge < -0.3 is 10.1 Å². The summed E-state index contributed by atoms with van der Waals surface area (Å²) in [5.74, 6) is 1.87. The highest BCUT2D eigenvalue weighted by atomic mass is 32.2. The summed E-state index contributed by atoms with van der Waals surface area (Å²) in [6.45, 7) is 5.96. The quantitative estimate of drug-likeness (QED) is 0.730. The molecule has 1 aliphatic rings. The molecule has 1 atom stereocenters. The fourth-order valence-corrected chi connectivity index (χ4v) is 4.58. The van der Waals surface area contributed by atoms with Crippen molar-refractivity contribution in [3.63, 3.8) is 0 Å². The predicted molar refractivity (Wildman–Crippen MR) is 111 cm³/mol. The Kier molecular flexibility index (Phi) is 4.71. The third kappa shape index (κ3) is 3.67. The Hall–Kier alpha value is -2.67. The molecule has 1 aliphatic heterocycles. The second-order valence-electron chi connectivity index (χ2n) is 7.93. The zero-order valence-electron chi connectivity index (χ0n) is 16.2. The maximum Gasteiger partial charge on any atom is 0.263 e. The van der Waals surface area contributed by atoms with Crippen LogP contribution in [0.5, 0.6) is 5.75 Å². The van der Waals surface area contributed by atoms with E-state index in [0.717, 1.165) is 22.0 Å². The molecule has 4 rings (SSSR count). The van der Waals surface area contributed by atoms with Crippen molar-refractivity contribution < 1.29 is 13.7 Å². The van der Waals surface area contributed by atoms with E-state index in [9.17, 15) is 9.00 Å². The number of hydrogen-bond acceptors (Lipinski definition) is 4. The van der Waals surface area contributed by atoms with Gasteiger partial charge in [0.2, 0.25) is 0 Å². The van der Waals surface area contributed by atoms with Crippen LogP contribution < -0.4 is 10.1 Å². The largest absolute Gasteiger partial charge is 0.484 e. The number of aromatic nitrogens is 2. The summed E-state index contributed by atoms with van der Waals surface area (Å²) < 4.78 is 19.4. The molecule has 2 heterocycles. The van der Waals surface area contributed by atoms with E-state index in [2.05, 4.69) is 10.4 Å². The van der Waals surface area contributed by atoms with Crippen LogP contribution in [0, 0.1) is 0 Å². The highest BCUT2D eigenvalue weighted by Crippen LogP contribution is 2.32. The zero-order chi connectivity index (χ0) is 19.9. The van der Waals surface area contributed by atoms with Gasteiger partial charge in [-0.15, -0.1) is 0 Å². The number of anilines is 1. The highest BCUT2D eigenvalue weighted by Gasteiger charge is 2.31. The first kappa shape index (κ1) is 18.7. The average Bonchev–Trinajstić information content (AvgIpc) is 3.17. The monoisotopic (exact) mass is 397 g/mol. The molecule has 0 radical (unpaired) electrons. The first-order chi connectivity index (χ1) is 13.3. The number of carbonyl (C=O) groups excluding carboxylic acids is 1. The molecule has 0 fully saturated rings. The number of nitrogens with one attached hydrogen (secondary N) is 1. The second kappa shape index (κ2) is 7.05. The minimum absolute atomic E-state index is 0.106. The van der Waals surface area contributed by atoms with E-state index >= 15 is 0 Å². The van der Waals surface area contributed by atoms with Crippen molar-refractivity contribution >= 4 is 33.3 Å². The van der Waals surface area contributed by atoms with Crippen LogP contribution in [0.4, 0.5) is 5.82 Å². The van der Waals surface area contributed by atoms with Crippen LogP contribution in [0.2, 0.25) is 0 Å². The number of benzene rings is 2. The predicted octanol–water partition coefficient (Wildman–Crippen LogP) is 3.57. The van der Waals surface area contributed by atoms with E-state index in [0.29, 0.717) is 23.1 Å². The fourth-order valence-electron chi connectivity index (χ4n) is 3.32. The van der Waals surface area contributed by atoms with Crippen molar-refractivity contribution in [2.75, 3.05) is 11.9 Å². The Bertz CT molecular complexity index is 1080. The van der Waals surface area contributed by atoms with Crippen LogP contribution in [-0.2, 0) is 32.6 Å². The smallest absolute Gasteiger partial charge is 0.263 e. The van der Waals surface area contributed by atoms with Gasteiger partial charge in [-0.25, -0.2) is 4.68 Å². The lowest BCUT2D eigenvalue weighted by Crippen LogP contribution is -2.29. The highest BCUT2D eigenvalue weighted by molar-refractivity contribution is 7.83. The summed E-state index contributed by atoms with van der Waals surface area (Å²) >= 11 is 0. The molecule has 1 aromatic heterocycles. The van der Waals surface area contributed by atoms with Crippen molar-refractivity contribution in [1.82, 2.24) is 9.78 Å². The van der Waals surface area contributed by atoms with Crippen molar-refractivity contribution in [2.24, 2.45) is 0 Å². The van der Waals surface area contributed by atoms with Crippen molar-refractivity contribution in [3.05, 3.63) is 53.7 Å². The van der Waals surface area contributed by atoms with Gasteiger partial charge in [-0.3, -0.25) is 9.00 Å². The number of nitrogens with zero attached hydrogens (tertiary/aromatic N) is 2. The summed E-state index contributed by atoms with van der Waals surface area (Å²) in [7, 11) is -0.954. The average molecular weight is 398 g/mol. The Morgan fingerprint density at radius 2 is 1.93 bits per heavy atom. The maximum atomic E-state index is 12.6. The zero-order valence-corrected chi connectivity index (χ0v) is 17.0. The standard InChI is InChI=1S/C21H23N3O3S/c1-21(2,3)24-20(17-12-28(26)13-18(17)23-24)22-19(25)11-27-16-9-8-14-6-4-5-7-15(14)10-16/h4-10H,11-13H2,1-3H3,(H,22,25)/t28-/m1/s1. The van der Waals surface area contributed by atoms with Gasteiger partial charge in [-0.2, -0.15) is 5.10 Å². The maximum absolute atomic E-state index is 12.6.